The Morgan fingerprint density at radius 2 is 2.12 bits per heavy atom. The van der Waals surface area contributed by atoms with Crippen molar-refractivity contribution in [3.8, 4) is 0 Å². The summed E-state index contributed by atoms with van der Waals surface area (Å²) in [6, 6.07) is 0. The van der Waals surface area contributed by atoms with Crippen LogP contribution >= 0.6 is 0 Å². The number of amides is 1. The predicted octanol–water partition coefficient (Wildman–Crippen LogP) is -0.139. The molecule has 0 spiro atoms. The summed E-state index contributed by atoms with van der Waals surface area (Å²) in [6.45, 7) is 7.38. The second-order valence-corrected chi connectivity index (χ2v) is 3.80. The van der Waals surface area contributed by atoms with E-state index in [1.165, 1.54) is 0 Å². The first-order valence-corrected chi connectivity index (χ1v) is 5.98. The Morgan fingerprint density at radius 1 is 1.38 bits per heavy atom. The minimum atomic E-state index is 0.0683. The highest BCUT2D eigenvalue weighted by Gasteiger charge is 2.16. The number of nitrogens with one attached hydrogen (secondary N) is 1. The van der Waals surface area contributed by atoms with Crippen molar-refractivity contribution < 1.29 is 14.3 Å². The number of hydrogen-bond acceptors (Lipinski definition) is 4. The number of morpholine rings is 1. The summed E-state index contributed by atoms with van der Waals surface area (Å²) in [5, 5.41) is 3.22. The lowest BCUT2D eigenvalue weighted by Gasteiger charge is -2.26. The van der Waals surface area contributed by atoms with Crippen molar-refractivity contribution >= 4 is 5.91 Å². The van der Waals surface area contributed by atoms with Gasteiger partial charge in [0.05, 0.1) is 19.8 Å². The summed E-state index contributed by atoms with van der Waals surface area (Å²) in [6.07, 6.45) is 1.12. The van der Waals surface area contributed by atoms with Crippen molar-refractivity contribution in [1.82, 2.24) is 10.2 Å². The van der Waals surface area contributed by atoms with E-state index in [-0.39, 0.29) is 12.5 Å². The van der Waals surface area contributed by atoms with Crippen molar-refractivity contribution in [2.75, 3.05) is 52.6 Å². The number of carbonyl (C=O) groups is 1. The van der Waals surface area contributed by atoms with Crippen molar-refractivity contribution in [2.24, 2.45) is 0 Å². The van der Waals surface area contributed by atoms with Gasteiger partial charge < -0.3 is 19.7 Å². The van der Waals surface area contributed by atoms with Crippen LogP contribution in [0.3, 0.4) is 0 Å². The molecular formula is C11H22N2O3. The van der Waals surface area contributed by atoms with Gasteiger partial charge in [0.15, 0.2) is 0 Å². The van der Waals surface area contributed by atoms with Gasteiger partial charge in [-0.1, -0.05) is 6.92 Å². The lowest BCUT2D eigenvalue weighted by molar-refractivity contribution is -0.140. The highest BCUT2D eigenvalue weighted by molar-refractivity contribution is 5.77. The third-order valence-electron chi connectivity index (χ3n) is 2.44. The van der Waals surface area contributed by atoms with Crippen LogP contribution in [0.1, 0.15) is 13.3 Å². The molecule has 1 amide bonds. The quantitative estimate of drug-likeness (QED) is 0.619. The van der Waals surface area contributed by atoms with Gasteiger partial charge in [-0.2, -0.15) is 0 Å². The van der Waals surface area contributed by atoms with Crippen molar-refractivity contribution in [2.45, 2.75) is 13.3 Å². The second kappa shape index (κ2) is 8.50. The number of nitrogens with zero attached hydrogens (tertiary/aromatic N) is 1. The Balaban J connectivity index is 1.97. The molecule has 0 radical (unpaired) electrons. The highest BCUT2D eigenvalue weighted by Crippen LogP contribution is 1.97. The van der Waals surface area contributed by atoms with Crippen LogP contribution in [-0.2, 0) is 14.3 Å². The average molecular weight is 230 g/mol. The number of carbonyl (C=O) groups excluding carboxylic acids is 1. The minimum Gasteiger partial charge on any atom is -0.378 e. The van der Waals surface area contributed by atoms with Gasteiger partial charge >= 0.3 is 0 Å². The van der Waals surface area contributed by atoms with E-state index in [1.807, 2.05) is 0 Å². The molecule has 1 saturated heterocycles. The van der Waals surface area contributed by atoms with E-state index in [0.717, 1.165) is 19.5 Å². The van der Waals surface area contributed by atoms with E-state index in [4.69, 9.17) is 9.47 Å². The first-order chi connectivity index (χ1) is 7.84. The van der Waals surface area contributed by atoms with Crippen LogP contribution in [0.5, 0.6) is 0 Å². The molecule has 5 nitrogen and oxygen atoms in total. The minimum absolute atomic E-state index is 0.0683. The SMILES string of the molecule is CCCNCCOCC(=O)N1CCOCC1. The van der Waals surface area contributed by atoms with E-state index in [1.54, 1.807) is 4.90 Å². The topological polar surface area (TPSA) is 50.8 Å². The first kappa shape index (κ1) is 13.4. The monoisotopic (exact) mass is 230 g/mol. The zero-order valence-corrected chi connectivity index (χ0v) is 10.0. The van der Waals surface area contributed by atoms with Gasteiger partial charge in [-0.25, -0.2) is 0 Å². The third kappa shape index (κ3) is 5.44. The Hall–Kier alpha value is -0.650. The molecule has 16 heavy (non-hydrogen) atoms. The molecule has 1 rings (SSSR count). The van der Waals surface area contributed by atoms with E-state index in [9.17, 15) is 4.79 Å². The van der Waals surface area contributed by atoms with Gasteiger partial charge in [-0.15, -0.1) is 0 Å². The Morgan fingerprint density at radius 3 is 2.81 bits per heavy atom. The molecule has 94 valence electrons. The summed E-state index contributed by atoms with van der Waals surface area (Å²) in [5.41, 5.74) is 0. The average Bonchev–Trinajstić information content (AvgIpc) is 2.34. The van der Waals surface area contributed by atoms with E-state index in [2.05, 4.69) is 12.2 Å². The highest BCUT2D eigenvalue weighted by atomic mass is 16.5. The van der Waals surface area contributed by atoms with Crippen molar-refractivity contribution in [3.05, 3.63) is 0 Å². The second-order valence-electron chi connectivity index (χ2n) is 3.80. The maximum Gasteiger partial charge on any atom is 0.248 e. The van der Waals surface area contributed by atoms with E-state index >= 15 is 0 Å². The molecule has 1 heterocycles. The van der Waals surface area contributed by atoms with Crippen LogP contribution < -0.4 is 5.32 Å². The van der Waals surface area contributed by atoms with E-state index in [0.29, 0.717) is 32.9 Å². The molecule has 1 N–H and O–H groups in total. The van der Waals surface area contributed by atoms with Gasteiger partial charge in [0.2, 0.25) is 5.91 Å². The fourth-order valence-corrected chi connectivity index (χ4v) is 1.51. The van der Waals surface area contributed by atoms with Crippen LogP contribution in [0.4, 0.5) is 0 Å². The number of rotatable bonds is 7. The van der Waals surface area contributed by atoms with Gasteiger partial charge in [0.25, 0.3) is 0 Å². The summed E-state index contributed by atoms with van der Waals surface area (Å²) >= 11 is 0. The fraction of sp³-hybridized carbons (Fsp3) is 0.909. The van der Waals surface area contributed by atoms with Crippen LogP contribution in [0.15, 0.2) is 0 Å². The predicted molar refractivity (Wildman–Crippen MR) is 61.4 cm³/mol. The number of ether oxygens (including phenoxy) is 2. The molecule has 1 aliphatic rings. The van der Waals surface area contributed by atoms with Gasteiger partial charge in [0.1, 0.15) is 6.61 Å². The van der Waals surface area contributed by atoms with Gasteiger partial charge in [-0.05, 0) is 13.0 Å². The zero-order chi connectivity index (χ0) is 11.6. The molecule has 1 fully saturated rings. The number of hydrogen-bond donors (Lipinski definition) is 1. The smallest absolute Gasteiger partial charge is 0.248 e. The lowest BCUT2D eigenvalue weighted by atomic mass is 10.4. The molecule has 0 unspecified atom stereocenters. The molecule has 0 bridgehead atoms. The summed E-state index contributed by atoms with van der Waals surface area (Å²) in [4.78, 5) is 13.4. The Kier molecular flexibility index (Phi) is 7.12. The standard InChI is InChI=1S/C11H22N2O3/c1-2-3-12-4-7-16-10-11(14)13-5-8-15-9-6-13/h12H,2-10H2,1H3. The van der Waals surface area contributed by atoms with Crippen LogP contribution in [0, 0.1) is 0 Å². The van der Waals surface area contributed by atoms with Crippen molar-refractivity contribution in [3.63, 3.8) is 0 Å². The molecule has 0 aromatic carbocycles. The Bertz CT molecular complexity index is 194. The molecule has 0 aromatic rings. The fourth-order valence-electron chi connectivity index (χ4n) is 1.51. The third-order valence-corrected chi connectivity index (χ3v) is 2.44. The molecule has 5 heteroatoms. The van der Waals surface area contributed by atoms with Crippen molar-refractivity contribution in [1.29, 1.82) is 0 Å². The maximum absolute atomic E-state index is 11.6. The van der Waals surface area contributed by atoms with E-state index < -0.39 is 0 Å². The summed E-state index contributed by atoms with van der Waals surface area (Å²) < 4.78 is 10.5. The molecule has 1 aliphatic heterocycles. The molecular weight excluding hydrogens is 208 g/mol. The van der Waals surface area contributed by atoms with Crippen LogP contribution in [0.2, 0.25) is 0 Å². The Labute approximate surface area is 97.1 Å². The largest absolute Gasteiger partial charge is 0.378 e. The normalized spacial score (nSPS) is 16.4. The molecule has 0 atom stereocenters. The van der Waals surface area contributed by atoms with Gasteiger partial charge in [0, 0.05) is 19.6 Å². The molecule has 0 aromatic heterocycles. The van der Waals surface area contributed by atoms with Crippen LogP contribution in [0.25, 0.3) is 0 Å². The summed E-state index contributed by atoms with van der Waals surface area (Å²) in [7, 11) is 0. The van der Waals surface area contributed by atoms with Crippen LogP contribution in [-0.4, -0.2) is 63.4 Å². The van der Waals surface area contributed by atoms with Gasteiger partial charge in [-0.3, -0.25) is 4.79 Å². The first-order valence-electron chi connectivity index (χ1n) is 5.98. The zero-order valence-electron chi connectivity index (χ0n) is 10.0. The molecule has 0 saturated carbocycles. The maximum atomic E-state index is 11.6. The lowest BCUT2D eigenvalue weighted by Crippen LogP contribution is -2.42. The summed E-state index contributed by atoms with van der Waals surface area (Å²) in [5.74, 6) is 0.0683. The molecule has 0 aliphatic carbocycles.